The Hall–Kier alpha value is -2.94. The lowest BCUT2D eigenvalue weighted by Crippen LogP contribution is -2.28. The fourth-order valence-electron chi connectivity index (χ4n) is 6.13. The Balaban J connectivity index is 1.90. The Morgan fingerprint density at radius 2 is 0.857 bits per heavy atom. The maximum Gasteiger partial charge on any atom is 0.0585 e. The highest BCUT2D eigenvalue weighted by Gasteiger charge is 2.32. The van der Waals surface area contributed by atoms with E-state index in [1.165, 1.54) is 44.6 Å². The number of rotatable bonds is 10. The molecule has 2 rings (SSSR count). The van der Waals surface area contributed by atoms with Crippen LogP contribution >= 0.6 is 0 Å². The first-order chi connectivity index (χ1) is 19.6. The summed E-state index contributed by atoms with van der Waals surface area (Å²) in [7, 11) is 0. The van der Waals surface area contributed by atoms with Crippen LogP contribution in [0.2, 0.25) is 0 Å². The quantitative estimate of drug-likeness (QED) is 0.257. The van der Waals surface area contributed by atoms with Crippen molar-refractivity contribution in [1.82, 2.24) is 0 Å². The van der Waals surface area contributed by atoms with Gasteiger partial charge in [-0.05, 0) is 89.2 Å². The molecule has 0 bridgehead atoms. The molecule has 2 N–H and O–H groups in total. The van der Waals surface area contributed by atoms with E-state index in [0.717, 1.165) is 25.7 Å². The third-order valence-corrected chi connectivity index (χ3v) is 8.24. The summed E-state index contributed by atoms with van der Waals surface area (Å²) in [6.45, 7) is 21.6. The number of aliphatic hydroxyl groups excluding tert-OH is 2. The van der Waals surface area contributed by atoms with Crippen molar-refractivity contribution in [3.63, 3.8) is 0 Å². The number of hydrogen-bond donors (Lipinski definition) is 2. The van der Waals surface area contributed by atoms with E-state index in [1.54, 1.807) is 0 Å². The first-order valence-electron chi connectivity index (χ1n) is 15.5. The molecule has 2 aliphatic rings. The van der Waals surface area contributed by atoms with Crippen molar-refractivity contribution < 1.29 is 10.2 Å². The molecule has 0 aromatic carbocycles. The van der Waals surface area contributed by atoms with Crippen molar-refractivity contribution in [2.75, 3.05) is 0 Å². The third-order valence-electron chi connectivity index (χ3n) is 8.24. The predicted molar refractivity (Wildman–Crippen MR) is 184 cm³/mol. The first-order valence-corrected chi connectivity index (χ1v) is 15.5. The van der Waals surface area contributed by atoms with Crippen molar-refractivity contribution in [3.8, 4) is 0 Å². The average molecular weight is 569 g/mol. The lowest BCUT2D eigenvalue weighted by atomic mass is 9.71. The summed E-state index contributed by atoms with van der Waals surface area (Å²) < 4.78 is 0. The lowest BCUT2D eigenvalue weighted by Gasteiger charge is -2.35. The van der Waals surface area contributed by atoms with Crippen LogP contribution in [0.25, 0.3) is 0 Å². The van der Waals surface area contributed by atoms with Gasteiger partial charge in [0.05, 0.1) is 12.2 Å². The van der Waals surface area contributed by atoms with Crippen LogP contribution < -0.4 is 0 Å². The molecule has 0 aliphatic heterocycles. The zero-order valence-corrected chi connectivity index (χ0v) is 28.0. The highest BCUT2D eigenvalue weighted by molar-refractivity contribution is 5.39. The summed E-state index contributed by atoms with van der Waals surface area (Å²) in [5.41, 5.74) is 10.1. The molecular weight excluding hydrogens is 512 g/mol. The Labute approximate surface area is 257 Å². The molecule has 228 valence electrons. The molecule has 0 heterocycles. The second kappa shape index (κ2) is 16.1. The molecule has 0 fully saturated rings. The Morgan fingerprint density at radius 3 is 1.19 bits per heavy atom. The minimum atomic E-state index is -0.227. The van der Waals surface area contributed by atoms with E-state index >= 15 is 0 Å². The maximum absolute atomic E-state index is 10.1. The molecule has 2 atom stereocenters. The van der Waals surface area contributed by atoms with Gasteiger partial charge in [0, 0.05) is 0 Å². The summed E-state index contributed by atoms with van der Waals surface area (Å²) in [4.78, 5) is 0. The Kier molecular flexibility index (Phi) is 13.5. The minimum Gasteiger partial charge on any atom is -0.393 e. The highest BCUT2D eigenvalue weighted by atomic mass is 16.3. The zero-order chi connectivity index (χ0) is 31.5. The topological polar surface area (TPSA) is 40.5 Å². The predicted octanol–water partition coefficient (Wildman–Crippen LogP) is 10.5. The third kappa shape index (κ3) is 11.7. The second-order valence-electron chi connectivity index (χ2n) is 13.7. The summed E-state index contributed by atoms with van der Waals surface area (Å²) in [5, 5.41) is 20.2. The van der Waals surface area contributed by atoms with Gasteiger partial charge < -0.3 is 10.2 Å². The molecule has 0 unspecified atom stereocenters. The van der Waals surface area contributed by atoms with E-state index in [0.29, 0.717) is 0 Å². The van der Waals surface area contributed by atoms with E-state index in [9.17, 15) is 10.2 Å². The fourth-order valence-corrected chi connectivity index (χ4v) is 6.13. The molecule has 0 spiro atoms. The van der Waals surface area contributed by atoms with Gasteiger partial charge in [-0.25, -0.2) is 0 Å². The number of hydrogen-bond acceptors (Lipinski definition) is 2. The van der Waals surface area contributed by atoms with Crippen LogP contribution in [-0.4, -0.2) is 22.4 Å². The summed E-state index contributed by atoms with van der Waals surface area (Å²) in [6, 6.07) is 0. The van der Waals surface area contributed by atoms with Gasteiger partial charge in [0.15, 0.2) is 0 Å². The molecule has 0 saturated carbocycles. The molecule has 0 aromatic rings. The molecule has 0 saturated heterocycles. The average Bonchev–Trinajstić information content (AvgIpc) is 2.84. The largest absolute Gasteiger partial charge is 0.393 e. The van der Waals surface area contributed by atoms with Crippen molar-refractivity contribution in [3.05, 3.63) is 130 Å². The zero-order valence-electron chi connectivity index (χ0n) is 28.0. The molecule has 2 aliphatic carbocycles. The van der Waals surface area contributed by atoms with Crippen LogP contribution in [0.3, 0.4) is 0 Å². The van der Waals surface area contributed by atoms with Crippen LogP contribution in [0, 0.1) is 10.8 Å². The van der Waals surface area contributed by atoms with Crippen LogP contribution in [0.15, 0.2) is 130 Å². The van der Waals surface area contributed by atoms with Gasteiger partial charge in [-0.15, -0.1) is 0 Å². The van der Waals surface area contributed by atoms with E-state index in [-0.39, 0.29) is 23.0 Å². The Bertz CT molecular complexity index is 1190. The summed E-state index contributed by atoms with van der Waals surface area (Å²) in [6.07, 6.45) is 32.6. The Morgan fingerprint density at radius 1 is 0.548 bits per heavy atom. The van der Waals surface area contributed by atoms with Crippen LogP contribution in [0.5, 0.6) is 0 Å². The molecule has 0 aromatic heterocycles. The SMILES string of the molecule is CC1=C(/C=C/C(C)=C\C=C\C(C)=C\C=C\C=C(C)\C=C\C=C(C)/C=C/C2=C(C)C[C@@H](O)CC2(C)C)C(C)(C)C[C@H](O)C1. The van der Waals surface area contributed by atoms with Gasteiger partial charge >= 0.3 is 0 Å². The molecule has 2 heteroatoms. The molecule has 42 heavy (non-hydrogen) atoms. The second-order valence-corrected chi connectivity index (χ2v) is 13.7. The minimum absolute atomic E-state index is 0.00547. The van der Waals surface area contributed by atoms with Crippen LogP contribution in [0.1, 0.15) is 94.9 Å². The lowest BCUT2D eigenvalue weighted by molar-refractivity contribution is 0.116. The van der Waals surface area contributed by atoms with Crippen molar-refractivity contribution in [2.45, 2.75) is 107 Å². The molecule has 0 amide bonds. The summed E-state index contributed by atoms with van der Waals surface area (Å²) >= 11 is 0. The van der Waals surface area contributed by atoms with E-state index in [2.05, 4.69) is 154 Å². The first kappa shape index (κ1) is 35.3. The van der Waals surface area contributed by atoms with E-state index in [1.807, 2.05) is 0 Å². The normalized spacial score (nSPS) is 25.0. The van der Waals surface area contributed by atoms with Gasteiger partial charge in [-0.2, -0.15) is 0 Å². The standard InChI is InChI=1S/C40H56O2/c1-29(17-13-19-31(3)21-23-37-33(5)25-35(41)27-39(37,7)8)15-11-12-16-30(2)18-14-20-32(4)22-24-38-34(6)26-36(42)28-40(38,9)10/h11-24,35-36,41-42H,25-28H2,1-10H3/b12-11+,17-13+,18-14+,23-21+,24-22+,29-15+,30-16+,31-19-,32-20-/t35-,36-/m1/s1. The van der Waals surface area contributed by atoms with Gasteiger partial charge in [-0.3, -0.25) is 0 Å². The van der Waals surface area contributed by atoms with E-state index < -0.39 is 0 Å². The van der Waals surface area contributed by atoms with Gasteiger partial charge in [0.1, 0.15) is 0 Å². The van der Waals surface area contributed by atoms with Crippen molar-refractivity contribution >= 4 is 0 Å². The molecule has 0 radical (unpaired) electrons. The summed E-state index contributed by atoms with van der Waals surface area (Å²) in [5.74, 6) is 0. The maximum atomic E-state index is 10.1. The van der Waals surface area contributed by atoms with E-state index in [4.69, 9.17) is 0 Å². The fraction of sp³-hybridized carbons (Fsp3) is 0.450. The van der Waals surface area contributed by atoms with Gasteiger partial charge in [0.25, 0.3) is 0 Å². The smallest absolute Gasteiger partial charge is 0.0585 e. The van der Waals surface area contributed by atoms with Crippen LogP contribution in [0.4, 0.5) is 0 Å². The van der Waals surface area contributed by atoms with Crippen molar-refractivity contribution in [2.24, 2.45) is 10.8 Å². The highest BCUT2D eigenvalue weighted by Crippen LogP contribution is 2.42. The van der Waals surface area contributed by atoms with Gasteiger partial charge in [0.2, 0.25) is 0 Å². The van der Waals surface area contributed by atoms with Crippen LogP contribution in [-0.2, 0) is 0 Å². The number of aliphatic hydroxyl groups is 2. The van der Waals surface area contributed by atoms with Crippen molar-refractivity contribution in [1.29, 1.82) is 0 Å². The van der Waals surface area contributed by atoms with Gasteiger partial charge in [-0.1, -0.05) is 146 Å². The number of allylic oxidation sites excluding steroid dienone is 20. The molecular formula is C40H56O2. The monoisotopic (exact) mass is 568 g/mol. The molecule has 2 nitrogen and oxygen atoms in total.